The van der Waals surface area contributed by atoms with Gasteiger partial charge < -0.3 is 14.8 Å². The standard InChI is InChI=1S/C21H16Cl2N2O5/c22-14-6-9-20(30-11-10-29-16-4-2-1-3-5-16)17(12-14)21(26)24-19-8-7-15(25(27)28)13-18(19)23/h1-9,12-13H,10-11H2,(H,24,26). The SMILES string of the molecule is O=C(Nc1ccc([N+](=O)[O-])cc1Cl)c1cc(Cl)ccc1OCCOc1ccccc1. The Bertz CT molecular complexity index is 1060. The molecule has 0 aromatic heterocycles. The van der Waals surface area contributed by atoms with Gasteiger partial charge in [-0.2, -0.15) is 0 Å². The van der Waals surface area contributed by atoms with Crippen molar-refractivity contribution in [2.24, 2.45) is 0 Å². The van der Waals surface area contributed by atoms with Crippen LogP contribution in [0.4, 0.5) is 11.4 Å². The molecule has 30 heavy (non-hydrogen) atoms. The third-order valence-corrected chi connectivity index (χ3v) is 4.50. The molecule has 1 N–H and O–H groups in total. The first-order chi connectivity index (χ1) is 14.4. The van der Waals surface area contributed by atoms with E-state index in [4.69, 9.17) is 32.7 Å². The number of nitro groups is 1. The topological polar surface area (TPSA) is 90.7 Å². The van der Waals surface area contributed by atoms with Crippen LogP contribution in [-0.2, 0) is 0 Å². The molecule has 0 radical (unpaired) electrons. The zero-order valence-corrected chi connectivity index (χ0v) is 17.0. The van der Waals surface area contributed by atoms with Crippen LogP contribution in [0, 0.1) is 10.1 Å². The third-order valence-electron chi connectivity index (χ3n) is 3.95. The van der Waals surface area contributed by atoms with Crippen molar-refractivity contribution >= 4 is 40.5 Å². The fraction of sp³-hybridized carbons (Fsp3) is 0.0952. The Morgan fingerprint density at radius 1 is 0.967 bits per heavy atom. The van der Waals surface area contributed by atoms with Crippen LogP contribution in [0.3, 0.4) is 0 Å². The van der Waals surface area contributed by atoms with E-state index >= 15 is 0 Å². The number of rotatable bonds is 8. The number of carbonyl (C=O) groups excluding carboxylic acids is 1. The number of halogens is 2. The van der Waals surface area contributed by atoms with E-state index in [-0.39, 0.29) is 35.2 Å². The van der Waals surface area contributed by atoms with Gasteiger partial charge in [-0.05, 0) is 36.4 Å². The summed E-state index contributed by atoms with van der Waals surface area (Å²) in [7, 11) is 0. The van der Waals surface area contributed by atoms with Gasteiger partial charge in [-0.1, -0.05) is 41.4 Å². The maximum atomic E-state index is 12.7. The van der Waals surface area contributed by atoms with Crippen molar-refractivity contribution in [2.45, 2.75) is 0 Å². The summed E-state index contributed by atoms with van der Waals surface area (Å²) in [6.45, 7) is 0.483. The van der Waals surface area contributed by atoms with Crippen LogP contribution in [0.25, 0.3) is 0 Å². The van der Waals surface area contributed by atoms with E-state index in [2.05, 4.69) is 5.32 Å². The molecule has 0 bridgehead atoms. The van der Waals surface area contributed by atoms with E-state index in [1.54, 1.807) is 12.1 Å². The molecule has 0 aliphatic rings. The zero-order valence-electron chi connectivity index (χ0n) is 15.5. The van der Waals surface area contributed by atoms with Crippen LogP contribution < -0.4 is 14.8 Å². The maximum Gasteiger partial charge on any atom is 0.271 e. The number of carbonyl (C=O) groups is 1. The lowest BCUT2D eigenvalue weighted by Crippen LogP contribution is -2.16. The highest BCUT2D eigenvalue weighted by Gasteiger charge is 2.17. The van der Waals surface area contributed by atoms with Crippen molar-refractivity contribution in [3.05, 3.63) is 92.5 Å². The van der Waals surface area contributed by atoms with Crippen LogP contribution in [0.1, 0.15) is 10.4 Å². The molecule has 0 saturated carbocycles. The Balaban J connectivity index is 1.68. The number of ether oxygens (including phenoxy) is 2. The summed E-state index contributed by atoms with van der Waals surface area (Å²) >= 11 is 12.1. The minimum atomic E-state index is -0.572. The van der Waals surface area contributed by atoms with Gasteiger partial charge in [0.25, 0.3) is 11.6 Å². The molecule has 3 aromatic carbocycles. The predicted octanol–water partition coefficient (Wildman–Crippen LogP) is 5.61. The largest absolute Gasteiger partial charge is 0.490 e. The molecule has 154 valence electrons. The van der Waals surface area contributed by atoms with Crippen LogP contribution >= 0.6 is 23.2 Å². The van der Waals surface area contributed by atoms with Crippen molar-refractivity contribution in [1.29, 1.82) is 0 Å². The van der Waals surface area contributed by atoms with Gasteiger partial charge in [0.1, 0.15) is 24.7 Å². The number of amides is 1. The summed E-state index contributed by atoms with van der Waals surface area (Å²) in [4.78, 5) is 23.0. The highest BCUT2D eigenvalue weighted by molar-refractivity contribution is 6.34. The Morgan fingerprint density at radius 3 is 2.40 bits per heavy atom. The van der Waals surface area contributed by atoms with Gasteiger partial charge in [-0.3, -0.25) is 14.9 Å². The van der Waals surface area contributed by atoms with E-state index in [1.165, 1.54) is 18.2 Å². The van der Waals surface area contributed by atoms with Gasteiger partial charge in [0.15, 0.2) is 0 Å². The summed E-state index contributed by atoms with van der Waals surface area (Å²) in [6, 6.07) is 17.7. The quantitative estimate of drug-likeness (QED) is 0.275. The van der Waals surface area contributed by atoms with E-state index in [0.29, 0.717) is 16.5 Å². The van der Waals surface area contributed by atoms with E-state index in [0.717, 1.165) is 6.07 Å². The first-order valence-corrected chi connectivity index (χ1v) is 9.55. The van der Waals surface area contributed by atoms with E-state index in [1.807, 2.05) is 30.3 Å². The molecule has 0 aliphatic heterocycles. The van der Waals surface area contributed by atoms with Gasteiger partial charge in [-0.25, -0.2) is 0 Å². The maximum absolute atomic E-state index is 12.7. The molecule has 0 aliphatic carbocycles. The molecule has 0 unspecified atom stereocenters. The molecular formula is C21H16Cl2N2O5. The number of hydrogen-bond acceptors (Lipinski definition) is 5. The summed E-state index contributed by atoms with van der Waals surface area (Å²) < 4.78 is 11.3. The van der Waals surface area contributed by atoms with Crippen LogP contribution in [0.15, 0.2) is 66.7 Å². The van der Waals surface area contributed by atoms with E-state index in [9.17, 15) is 14.9 Å². The van der Waals surface area contributed by atoms with Crippen molar-refractivity contribution in [1.82, 2.24) is 0 Å². The van der Waals surface area contributed by atoms with Gasteiger partial charge in [0, 0.05) is 17.2 Å². The number of benzene rings is 3. The Morgan fingerprint density at radius 2 is 1.70 bits per heavy atom. The minimum Gasteiger partial charge on any atom is -0.490 e. The van der Waals surface area contributed by atoms with Crippen molar-refractivity contribution in [2.75, 3.05) is 18.5 Å². The molecule has 3 rings (SSSR count). The molecule has 9 heteroatoms. The predicted molar refractivity (Wildman–Crippen MR) is 115 cm³/mol. The summed E-state index contributed by atoms with van der Waals surface area (Å²) in [5, 5.41) is 13.8. The zero-order chi connectivity index (χ0) is 21.5. The van der Waals surface area contributed by atoms with Gasteiger partial charge in [-0.15, -0.1) is 0 Å². The van der Waals surface area contributed by atoms with Crippen molar-refractivity contribution in [3.63, 3.8) is 0 Å². The molecule has 0 atom stereocenters. The van der Waals surface area contributed by atoms with Gasteiger partial charge >= 0.3 is 0 Å². The van der Waals surface area contributed by atoms with Crippen LogP contribution in [0.2, 0.25) is 10.0 Å². The van der Waals surface area contributed by atoms with Crippen LogP contribution in [-0.4, -0.2) is 24.0 Å². The Hall–Kier alpha value is -3.29. The second kappa shape index (κ2) is 9.96. The number of anilines is 1. The molecule has 0 saturated heterocycles. The summed E-state index contributed by atoms with van der Waals surface area (Å²) in [5.41, 5.74) is 0.241. The number of non-ortho nitro benzene ring substituents is 1. The first kappa shape index (κ1) is 21.4. The normalized spacial score (nSPS) is 10.3. The van der Waals surface area contributed by atoms with E-state index < -0.39 is 10.8 Å². The lowest BCUT2D eigenvalue weighted by molar-refractivity contribution is -0.384. The highest BCUT2D eigenvalue weighted by Crippen LogP contribution is 2.29. The molecule has 3 aromatic rings. The number of nitrogens with zero attached hydrogens (tertiary/aromatic N) is 1. The first-order valence-electron chi connectivity index (χ1n) is 8.79. The number of para-hydroxylation sites is 1. The molecule has 0 spiro atoms. The monoisotopic (exact) mass is 446 g/mol. The molecule has 7 nitrogen and oxygen atoms in total. The molecular weight excluding hydrogens is 431 g/mol. The summed E-state index contributed by atoms with van der Waals surface area (Å²) in [5.74, 6) is 0.502. The lowest BCUT2D eigenvalue weighted by Gasteiger charge is -2.13. The Labute approximate surface area is 182 Å². The average Bonchev–Trinajstić information content (AvgIpc) is 2.74. The second-order valence-electron chi connectivity index (χ2n) is 6.03. The smallest absolute Gasteiger partial charge is 0.271 e. The third kappa shape index (κ3) is 5.62. The molecule has 0 fully saturated rings. The second-order valence-corrected chi connectivity index (χ2v) is 6.87. The molecule has 0 heterocycles. The van der Waals surface area contributed by atoms with Gasteiger partial charge in [0.2, 0.25) is 0 Å². The number of hydrogen-bond donors (Lipinski definition) is 1. The van der Waals surface area contributed by atoms with Crippen molar-refractivity contribution in [3.8, 4) is 11.5 Å². The number of nitrogens with one attached hydrogen (secondary N) is 1. The minimum absolute atomic E-state index is 0.0401. The lowest BCUT2D eigenvalue weighted by atomic mass is 10.1. The molecule has 1 amide bonds. The average molecular weight is 447 g/mol. The summed E-state index contributed by atoms with van der Waals surface area (Å²) in [6.07, 6.45) is 0. The highest BCUT2D eigenvalue weighted by atomic mass is 35.5. The fourth-order valence-electron chi connectivity index (χ4n) is 2.54. The van der Waals surface area contributed by atoms with Crippen molar-refractivity contribution < 1.29 is 19.2 Å². The number of nitro benzene ring substituents is 1. The fourth-order valence-corrected chi connectivity index (χ4v) is 2.94. The van der Waals surface area contributed by atoms with Crippen LogP contribution in [0.5, 0.6) is 11.5 Å². The Kier molecular flexibility index (Phi) is 7.11. The van der Waals surface area contributed by atoms with Gasteiger partial charge in [0.05, 0.1) is 21.2 Å².